The van der Waals surface area contributed by atoms with E-state index in [1.54, 1.807) is 24.3 Å². The molecule has 118 valence electrons. The second kappa shape index (κ2) is 5.25. The van der Waals surface area contributed by atoms with Crippen LogP contribution in [0.3, 0.4) is 0 Å². The van der Waals surface area contributed by atoms with Gasteiger partial charge in [-0.1, -0.05) is 12.1 Å². The molecule has 0 spiro atoms. The number of carbonyl (C=O) groups excluding carboxylic acids is 2. The van der Waals surface area contributed by atoms with Crippen molar-refractivity contribution in [1.82, 2.24) is 0 Å². The molecule has 4 rings (SSSR count). The number of rotatable bonds is 2. The van der Waals surface area contributed by atoms with Crippen LogP contribution in [0.25, 0.3) is 10.8 Å². The van der Waals surface area contributed by atoms with E-state index in [1.807, 2.05) is 0 Å². The second-order valence-corrected chi connectivity index (χ2v) is 7.83. The zero-order valence-electron chi connectivity index (χ0n) is 12.1. The molecule has 0 saturated heterocycles. The van der Waals surface area contributed by atoms with Gasteiger partial charge in [-0.3, -0.25) is 9.59 Å². The Bertz CT molecular complexity index is 1110. The summed E-state index contributed by atoms with van der Waals surface area (Å²) in [4.78, 5) is 23.9. The van der Waals surface area contributed by atoms with Crippen LogP contribution in [-0.4, -0.2) is 25.0 Å². The number of ketones is 1. The third-order valence-corrected chi connectivity index (χ3v) is 6.05. The predicted octanol–water partition coefficient (Wildman–Crippen LogP) is 2.91. The normalized spacial score (nSPS) is 16.2. The van der Waals surface area contributed by atoms with Crippen molar-refractivity contribution in [1.29, 1.82) is 0 Å². The maximum atomic E-state index is 12.7. The number of thioether (sulfide) groups is 1. The Balaban J connectivity index is 1.92. The Labute approximate surface area is 141 Å². The highest BCUT2D eigenvalue weighted by Gasteiger charge is 2.27. The molecule has 1 heterocycles. The standard InChI is InChI=1S/C17H9NO4S2/c19-11-6-4-10(5-7-11)18-24(21,22)15-9-8-14-16-12(15)2-1-3-13(16)17(20)23-14/h1-9H. The van der Waals surface area contributed by atoms with E-state index in [-0.39, 0.29) is 21.5 Å². The Morgan fingerprint density at radius 2 is 1.67 bits per heavy atom. The molecular formula is C17H9NO4S2. The van der Waals surface area contributed by atoms with Gasteiger partial charge in [0.05, 0.1) is 10.6 Å². The first kappa shape index (κ1) is 15.0. The minimum Gasteiger partial charge on any atom is -0.290 e. The fourth-order valence-electron chi connectivity index (χ4n) is 2.68. The Kier molecular flexibility index (Phi) is 3.29. The lowest BCUT2D eigenvalue weighted by atomic mass is 10.1. The van der Waals surface area contributed by atoms with E-state index in [2.05, 4.69) is 4.40 Å². The molecule has 24 heavy (non-hydrogen) atoms. The number of hydrogen-bond donors (Lipinski definition) is 0. The summed E-state index contributed by atoms with van der Waals surface area (Å²) < 4.78 is 29.2. The van der Waals surface area contributed by atoms with Crippen LogP contribution in [0.15, 0.2) is 68.8 Å². The molecule has 0 radical (unpaired) electrons. The van der Waals surface area contributed by atoms with E-state index >= 15 is 0 Å². The van der Waals surface area contributed by atoms with Gasteiger partial charge in [0.25, 0.3) is 10.0 Å². The van der Waals surface area contributed by atoms with Crippen molar-refractivity contribution in [3.63, 3.8) is 0 Å². The molecule has 7 heteroatoms. The highest BCUT2D eigenvalue weighted by Crippen LogP contribution is 2.42. The summed E-state index contributed by atoms with van der Waals surface area (Å²) in [5.74, 6) is -0.216. The Hall–Kier alpha value is -2.51. The van der Waals surface area contributed by atoms with Gasteiger partial charge in [-0.15, -0.1) is 0 Å². The predicted molar refractivity (Wildman–Crippen MR) is 92.0 cm³/mol. The summed E-state index contributed by atoms with van der Waals surface area (Å²) in [5.41, 5.74) is 0.698. The number of hydrogen-bond acceptors (Lipinski definition) is 5. The van der Waals surface area contributed by atoms with Crippen LogP contribution in [0.2, 0.25) is 0 Å². The summed E-state index contributed by atoms with van der Waals surface area (Å²) >= 11 is 1.10. The van der Waals surface area contributed by atoms with Crippen molar-refractivity contribution in [2.75, 3.05) is 0 Å². The smallest absolute Gasteiger partial charge is 0.283 e. The lowest BCUT2D eigenvalue weighted by Crippen LogP contribution is -2.05. The maximum absolute atomic E-state index is 12.7. The first-order valence-corrected chi connectivity index (χ1v) is 9.24. The fourth-order valence-corrected chi connectivity index (χ4v) is 4.80. The van der Waals surface area contributed by atoms with E-state index in [0.717, 1.165) is 16.7 Å². The number of sulfonamides is 1. The average molecular weight is 355 g/mol. The van der Waals surface area contributed by atoms with E-state index in [1.165, 1.54) is 30.4 Å². The van der Waals surface area contributed by atoms with Gasteiger partial charge in [-0.25, -0.2) is 0 Å². The van der Waals surface area contributed by atoms with Crippen LogP contribution >= 0.6 is 11.8 Å². The maximum Gasteiger partial charge on any atom is 0.283 e. The zero-order chi connectivity index (χ0) is 16.9. The molecule has 1 aliphatic carbocycles. The summed E-state index contributed by atoms with van der Waals surface area (Å²) in [5, 5.41) is 1.04. The largest absolute Gasteiger partial charge is 0.290 e. The van der Waals surface area contributed by atoms with Gasteiger partial charge in [0, 0.05) is 21.2 Å². The molecule has 0 N–H and O–H groups in total. The molecule has 0 bridgehead atoms. The van der Waals surface area contributed by atoms with Gasteiger partial charge in [0.2, 0.25) is 5.12 Å². The summed E-state index contributed by atoms with van der Waals surface area (Å²) in [6, 6.07) is 8.12. The van der Waals surface area contributed by atoms with Gasteiger partial charge in [-0.05, 0) is 54.3 Å². The molecule has 0 fully saturated rings. The molecule has 2 aromatic carbocycles. The van der Waals surface area contributed by atoms with Gasteiger partial charge in [0.1, 0.15) is 0 Å². The number of benzene rings is 2. The van der Waals surface area contributed by atoms with E-state index in [4.69, 9.17) is 0 Å². The quantitative estimate of drug-likeness (QED) is 0.774. The van der Waals surface area contributed by atoms with Gasteiger partial charge < -0.3 is 0 Å². The lowest BCUT2D eigenvalue weighted by molar-refractivity contribution is -0.110. The van der Waals surface area contributed by atoms with E-state index in [0.29, 0.717) is 16.3 Å². The number of allylic oxidation sites excluding steroid dienone is 4. The third kappa shape index (κ3) is 2.33. The minimum absolute atomic E-state index is 0.0459. The number of nitrogens with zero attached hydrogens (tertiary/aromatic N) is 1. The molecule has 0 aromatic heterocycles. The topological polar surface area (TPSA) is 80.6 Å². The van der Waals surface area contributed by atoms with Crippen molar-refractivity contribution in [3.8, 4) is 0 Å². The zero-order valence-corrected chi connectivity index (χ0v) is 13.7. The van der Waals surface area contributed by atoms with Crippen LogP contribution in [0, 0.1) is 0 Å². The van der Waals surface area contributed by atoms with Crippen LogP contribution in [0.5, 0.6) is 0 Å². The van der Waals surface area contributed by atoms with Crippen LogP contribution in [0.1, 0.15) is 10.4 Å². The monoisotopic (exact) mass is 355 g/mol. The molecule has 1 aliphatic heterocycles. The molecule has 2 aliphatic rings. The molecule has 2 aromatic rings. The first-order chi connectivity index (χ1) is 11.5. The molecule has 0 saturated carbocycles. The number of carbonyl (C=O) groups is 2. The van der Waals surface area contributed by atoms with Crippen LogP contribution in [-0.2, 0) is 14.8 Å². The first-order valence-electron chi connectivity index (χ1n) is 6.99. The van der Waals surface area contributed by atoms with Crippen molar-refractivity contribution in [3.05, 3.63) is 60.2 Å². The minimum atomic E-state index is -3.97. The van der Waals surface area contributed by atoms with E-state index < -0.39 is 10.0 Å². The molecule has 0 unspecified atom stereocenters. The molecular weight excluding hydrogens is 346 g/mol. The molecule has 0 atom stereocenters. The van der Waals surface area contributed by atoms with Crippen LogP contribution in [0.4, 0.5) is 0 Å². The SMILES string of the molecule is O=C1C=CC(=NS(=O)(=O)c2ccc3c4c(cccc24)C(=O)S3)C=C1. The third-order valence-electron chi connectivity index (χ3n) is 3.73. The molecule has 0 amide bonds. The van der Waals surface area contributed by atoms with Gasteiger partial charge >= 0.3 is 0 Å². The Morgan fingerprint density at radius 1 is 0.917 bits per heavy atom. The van der Waals surface area contributed by atoms with E-state index in [9.17, 15) is 18.0 Å². The Morgan fingerprint density at radius 3 is 2.42 bits per heavy atom. The average Bonchev–Trinajstić information content (AvgIpc) is 2.88. The summed E-state index contributed by atoms with van der Waals surface area (Å²) in [7, 11) is -3.97. The fraction of sp³-hybridized carbons (Fsp3) is 0. The van der Waals surface area contributed by atoms with Crippen LogP contribution < -0.4 is 0 Å². The van der Waals surface area contributed by atoms with Crippen molar-refractivity contribution in [2.24, 2.45) is 4.40 Å². The van der Waals surface area contributed by atoms with Crippen molar-refractivity contribution < 1.29 is 18.0 Å². The van der Waals surface area contributed by atoms with Crippen molar-refractivity contribution >= 4 is 49.2 Å². The molecule has 5 nitrogen and oxygen atoms in total. The van der Waals surface area contributed by atoms with Gasteiger partial charge in [0.15, 0.2) is 5.78 Å². The summed E-state index contributed by atoms with van der Waals surface area (Å²) in [6.07, 6.45) is 5.24. The highest BCUT2D eigenvalue weighted by atomic mass is 32.2. The lowest BCUT2D eigenvalue weighted by Gasteiger charge is -2.07. The van der Waals surface area contributed by atoms with Crippen molar-refractivity contribution in [2.45, 2.75) is 9.79 Å². The second-order valence-electron chi connectivity index (χ2n) is 5.24. The highest BCUT2D eigenvalue weighted by molar-refractivity contribution is 8.14. The summed E-state index contributed by atoms with van der Waals surface area (Å²) in [6.45, 7) is 0. The van der Waals surface area contributed by atoms with Gasteiger partial charge in [-0.2, -0.15) is 12.8 Å².